The zero-order valence-electron chi connectivity index (χ0n) is 10.5. The van der Waals surface area contributed by atoms with Crippen molar-refractivity contribution in [3.63, 3.8) is 0 Å². The number of halogens is 1. The van der Waals surface area contributed by atoms with Crippen molar-refractivity contribution in [3.05, 3.63) is 28.8 Å². The highest BCUT2D eigenvalue weighted by Crippen LogP contribution is 2.23. The fourth-order valence-corrected chi connectivity index (χ4v) is 3.00. The lowest BCUT2D eigenvalue weighted by molar-refractivity contribution is 0.0793. The molecule has 1 saturated heterocycles. The van der Waals surface area contributed by atoms with Gasteiger partial charge in [0, 0.05) is 13.1 Å². The predicted molar refractivity (Wildman–Crippen MR) is 72.8 cm³/mol. The maximum atomic E-state index is 12.3. The molecule has 0 unspecified atom stereocenters. The molecule has 1 aromatic rings. The second-order valence-corrected chi connectivity index (χ2v) is 6.64. The summed E-state index contributed by atoms with van der Waals surface area (Å²) >= 11 is 6.00. The number of nitrogens with zero attached hydrogens (tertiary/aromatic N) is 1. The largest absolute Gasteiger partial charge is 0.339 e. The summed E-state index contributed by atoms with van der Waals surface area (Å²) in [5.74, 6) is -0.212. The Labute approximate surface area is 117 Å². The van der Waals surface area contributed by atoms with Crippen LogP contribution in [0.25, 0.3) is 0 Å². The molecule has 0 saturated carbocycles. The van der Waals surface area contributed by atoms with E-state index in [0.29, 0.717) is 13.1 Å². The number of carbonyl (C=O) groups is 1. The van der Waals surface area contributed by atoms with Crippen LogP contribution in [0.15, 0.2) is 23.1 Å². The molecule has 0 radical (unpaired) electrons. The Morgan fingerprint density at radius 2 is 1.95 bits per heavy atom. The minimum absolute atomic E-state index is 0.0435. The van der Waals surface area contributed by atoms with Crippen LogP contribution < -0.4 is 4.72 Å². The van der Waals surface area contributed by atoms with Crippen LogP contribution in [0.5, 0.6) is 0 Å². The fourth-order valence-electron chi connectivity index (χ4n) is 2.04. The zero-order valence-corrected chi connectivity index (χ0v) is 12.1. The SMILES string of the molecule is CNS(=O)(=O)c1ccc(Cl)c(C(=O)N2CCCC2)c1. The number of hydrogen-bond acceptors (Lipinski definition) is 3. The maximum absolute atomic E-state index is 12.3. The molecule has 104 valence electrons. The third-order valence-electron chi connectivity index (χ3n) is 3.14. The van der Waals surface area contributed by atoms with Crippen molar-refractivity contribution in [1.82, 2.24) is 9.62 Å². The molecule has 1 N–H and O–H groups in total. The van der Waals surface area contributed by atoms with Crippen LogP contribution in [0.1, 0.15) is 23.2 Å². The monoisotopic (exact) mass is 302 g/mol. The molecule has 1 heterocycles. The summed E-state index contributed by atoms with van der Waals surface area (Å²) in [5.41, 5.74) is 0.236. The van der Waals surface area contributed by atoms with E-state index in [-0.39, 0.29) is 21.4 Å². The summed E-state index contributed by atoms with van der Waals surface area (Å²) < 4.78 is 25.7. The molecule has 0 aliphatic carbocycles. The van der Waals surface area contributed by atoms with Gasteiger partial charge in [-0.1, -0.05) is 11.6 Å². The number of likely N-dealkylation sites (tertiary alicyclic amines) is 1. The molecule has 19 heavy (non-hydrogen) atoms. The van der Waals surface area contributed by atoms with Crippen molar-refractivity contribution in [3.8, 4) is 0 Å². The number of carbonyl (C=O) groups excluding carboxylic acids is 1. The van der Waals surface area contributed by atoms with Gasteiger partial charge in [0.15, 0.2) is 0 Å². The highest BCUT2D eigenvalue weighted by Gasteiger charge is 2.23. The Morgan fingerprint density at radius 1 is 1.32 bits per heavy atom. The van der Waals surface area contributed by atoms with Crippen molar-refractivity contribution in [2.45, 2.75) is 17.7 Å². The maximum Gasteiger partial charge on any atom is 0.255 e. The smallest absolute Gasteiger partial charge is 0.255 e. The standard InChI is InChI=1S/C12H15ClN2O3S/c1-14-19(17,18)9-4-5-11(13)10(8-9)12(16)15-6-2-3-7-15/h4-5,8,14H,2-3,6-7H2,1H3. The van der Waals surface area contributed by atoms with E-state index in [4.69, 9.17) is 11.6 Å². The van der Waals surface area contributed by atoms with E-state index in [2.05, 4.69) is 4.72 Å². The first-order chi connectivity index (χ1) is 8.95. The number of sulfonamides is 1. The molecular weight excluding hydrogens is 288 g/mol. The highest BCUT2D eigenvalue weighted by atomic mass is 35.5. The summed E-state index contributed by atoms with van der Waals surface area (Å²) in [5, 5.41) is 0.270. The summed E-state index contributed by atoms with van der Waals surface area (Å²) in [6, 6.07) is 4.15. The van der Waals surface area contributed by atoms with Crippen molar-refractivity contribution in [2.75, 3.05) is 20.1 Å². The highest BCUT2D eigenvalue weighted by molar-refractivity contribution is 7.89. The van der Waals surface area contributed by atoms with Crippen LogP contribution in [-0.2, 0) is 10.0 Å². The van der Waals surface area contributed by atoms with Gasteiger partial charge in [-0.2, -0.15) is 0 Å². The van der Waals surface area contributed by atoms with Crippen LogP contribution in [0.3, 0.4) is 0 Å². The van der Waals surface area contributed by atoms with Crippen LogP contribution in [0.2, 0.25) is 5.02 Å². The topological polar surface area (TPSA) is 66.5 Å². The summed E-state index contributed by atoms with van der Waals surface area (Å²) in [6.45, 7) is 1.39. The van der Waals surface area contributed by atoms with Gasteiger partial charge >= 0.3 is 0 Å². The van der Waals surface area contributed by atoms with Crippen LogP contribution >= 0.6 is 11.6 Å². The van der Waals surface area contributed by atoms with Crippen molar-refractivity contribution < 1.29 is 13.2 Å². The first kappa shape index (κ1) is 14.3. The Morgan fingerprint density at radius 3 is 2.53 bits per heavy atom. The molecule has 1 amide bonds. The van der Waals surface area contributed by atoms with Crippen molar-refractivity contribution >= 4 is 27.5 Å². The van der Waals surface area contributed by atoms with E-state index in [9.17, 15) is 13.2 Å². The minimum atomic E-state index is -3.57. The third-order valence-corrected chi connectivity index (χ3v) is 4.88. The quantitative estimate of drug-likeness (QED) is 0.920. The number of nitrogens with one attached hydrogen (secondary N) is 1. The molecule has 0 spiro atoms. The Kier molecular flexibility index (Phi) is 4.13. The van der Waals surface area contributed by atoms with Gasteiger partial charge in [-0.25, -0.2) is 13.1 Å². The van der Waals surface area contributed by atoms with E-state index in [1.807, 2.05) is 0 Å². The molecular formula is C12H15ClN2O3S. The lowest BCUT2D eigenvalue weighted by Gasteiger charge is -2.16. The minimum Gasteiger partial charge on any atom is -0.339 e. The molecule has 2 rings (SSSR count). The molecule has 5 nitrogen and oxygen atoms in total. The van der Waals surface area contributed by atoms with Gasteiger partial charge in [-0.05, 0) is 38.1 Å². The molecule has 1 aliphatic rings. The number of rotatable bonds is 3. The lowest BCUT2D eigenvalue weighted by atomic mass is 10.2. The summed E-state index contributed by atoms with van der Waals surface area (Å²) in [6.07, 6.45) is 1.94. The van der Waals surface area contributed by atoms with E-state index < -0.39 is 10.0 Å². The van der Waals surface area contributed by atoms with Gasteiger partial charge in [0.25, 0.3) is 5.91 Å². The number of amides is 1. The number of benzene rings is 1. The average molecular weight is 303 g/mol. The van der Waals surface area contributed by atoms with Crippen LogP contribution in [-0.4, -0.2) is 39.4 Å². The normalized spacial score (nSPS) is 15.8. The van der Waals surface area contributed by atoms with Gasteiger partial charge in [0.1, 0.15) is 0 Å². The van der Waals surface area contributed by atoms with E-state index in [1.165, 1.54) is 25.2 Å². The van der Waals surface area contributed by atoms with Crippen LogP contribution in [0.4, 0.5) is 0 Å². The van der Waals surface area contributed by atoms with Gasteiger partial charge in [0.05, 0.1) is 15.5 Å². The third kappa shape index (κ3) is 2.91. The van der Waals surface area contributed by atoms with E-state index in [1.54, 1.807) is 4.90 Å². The van der Waals surface area contributed by atoms with Crippen molar-refractivity contribution in [2.24, 2.45) is 0 Å². The molecule has 0 bridgehead atoms. The van der Waals surface area contributed by atoms with Gasteiger partial charge in [0.2, 0.25) is 10.0 Å². The summed E-state index contributed by atoms with van der Waals surface area (Å²) in [4.78, 5) is 14.0. The zero-order chi connectivity index (χ0) is 14.0. The van der Waals surface area contributed by atoms with E-state index in [0.717, 1.165) is 12.8 Å². The molecule has 1 fully saturated rings. The second-order valence-electron chi connectivity index (χ2n) is 4.35. The second kappa shape index (κ2) is 5.48. The molecule has 0 atom stereocenters. The van der Waals surface area contributed by atoms with Crippen molar-refractivity contribution in [1.29, 1.82) is 0 Å². The molecule has 0 aromatic heterocycles. The molecule has 1 aliphatic heterocycles. The Bertz CT molecular complexity index is 595. The fraction of sp³-hybridized carbons (Fsp3) is 0.417. The average Bonchev–Trinajstić information content (AvgIpc) is 2.92. The van der Waals surface area contributed by atoms with Gasteiger partial charge in [-0.15, -0.1) is 0 Å². The number of hydrogen-bond donors (Lipinski definition) is 1. The van der Waals surface area contributed by atoms with E-state index >= 15 is 0 Å². The molecule has 7 heteroatoms. The lowest BCUT2D eigenvalue weighted by Crippen LogP contribution is -2.28. The van der Waals surface area contributed by atoms with Crippen LogP contribution in [0, 0.1) is 0 Å². The predicted octanol–water partition coefficient (Wildman–Crippen LogP) is 1.48. The Balaban J connectivity index is 2.40. The molecule has 1 aromatic carbocycles. The summed E-state index contributed by atoms with van der Waals surface area (Å²) in [7, 11) is -2.25. The Hall–Kier alpha value is -1.11. The first-order valence-corrected chi connectivity index (χ1v) is 7.84. The van der Waals surface area contributed by atoms with Gasteiger partial charge in [-0.3, -0.25) is 4.79 Å². The van der Waals surface area contributed by atoms with Gasteiger partial charge < -0.3 is 4.90 Å². The first-order valence-electron chi connectivity index (χ1n) is 5.98.